The van der Waals surface area contributed by atoms with Crippen molar-refractivity contribution in [1.29, 1.82) is 0 Å². The van der Waals surface area contributed by atoms with Crippen LogP contribution >= 0.6 is 0 Å². The van der Waals surface area contributed by atoms with E-state index in [2.05, 4.69) is 0 Å². The molecule has 0 saturated carbocycles. The van der Waals surface area contributed by atoms with E-state index in [-0.39, 0.29) is 17.4 Å². The number of carbonyl (C=O) groups is 2. The van der Waals surface area contributed by atoms with E-state index in [0.29, 0.717) is 34.9 Å². The SMILES string of the molecule is CCCOc1cccc(/C(O)=C2/C(=O)C(=O)N(c3ccccc3)C2c2ccc(OC(C)C)cc2)c1. The summed E-state index contributed by atoms with van der Waals surface area (Å²) in [4.78, 5) is 28.0. The molecule has 0 radical (unpaired) electrons. The Bertz CT molecular complexity index is 1230. The number of aliphatic hydroxyl groups excluding tert-OH is 1. The van der Waals surface area contributed by atoms with E-state index in [1.165, 1.54) is 4.90 Å². The average Bonchev–Trinajstić information content (AvgIpc) is 3.13. The van der Waals surface area contributed by atoms with Gasteiger partial charge < -0.3 is 14.6 Å². The van der Waals surface area contributed by atoms with Crippen LogP contribution in [0.3, 0.4) is 0 Å². The van der Waals surface area contributed by atoms with Crippen molar-refractivity contribution < 1.29 is 24.2 Å². The predicted molar refractivity (Wildman–Crippen MR) is 136 cm³/mol. The van der Waals surface area contributed by atoms with E-state index < -0.39 is 17.7 Å². The second kappa shape index (κ2) is 10.5. The Labute approximate surface area is 205 Å². The highest BCUT2D eigenvalue weighted by atomic mass is 16.5. The van der Waals surface area contributed by atoms with Gasteiger partial charge in [-0.3, -0.25) is 14.5 Å². The average molecular weight is 472 g/mol. The summed E-state index contributed by atoms with van der Waals surface area (Å²) in [6.45, 7) is 6.42. The van der Waals surface area contributed by atoms with Gasteiger partial charge in [0.2, 0.25) is 0 Å². The van der Waals surface area contributed by atoms with Crippen molar-refractivity contribution in [3.05, 3.63) is 95.6 Å². The molecule has 1 fully saturated rings. The number of Topliss-reactive ketones (excluding diaryl/α,β-unsaturated/α-hetero) is 1. The first kappa shape index (κ1) is 24.1. The zero-order valence-electron chi connectivity index (χ0n) is 20.1. The largest absolute Gasteiger partial charge is 0.507 e. The molecule has 1 aliphatic heterocycles. The number of aliphatic hydroxyl groups is 1. The third-order valence-corrected chi connectivity index (χ3v) is 5.63. The molecule has 35 heavy (non-hydrogen) atoms. The smallest absolute Gasteiger partial charge is 0.300 e. The maximum atomic E-state index is 13.3. The summed E-state index contributed by atoms with van der Waals surface area (Å²) >= 11 is 0. The molecular weight excluding hydrogens is 442 g/mol. The molecule has 6 heteroatoms. The van der Waals surface area contributed by atoms with Crippen LogP contribution in [0.15, 0.2) is 84.4 Å². The number of ether oxygens (including phenoxy) is 2. The molecule has 180 valence electrons. The van der Waals surface area contributed by atoms with E-state index in [4.69, 9.17) is 9.47 Å². The van der Waals surface area contributed by atoms with Crippen LogP contribution in [0.4, 0.5) is 5.69 Å². The lowest BCUT2D eigenvalue weighted by molar-refractivity contribution is -0.132. The van der Waals surface area contributed by atoms with Crippen LogP contribution in [0, 0.1) is 0 Å². The van der Waals surface area contributed by atoms with Gasteiger partial charge in [-0.1, -0.05) is 49.4 Å². The van der Waals surface area contributed by atoms with Gasteiger partial charge in [-0.05, 0) is 62.2 Å². The van der Waals surface area contributed by atoms with Crippen LogP contribution in [-0.2, 0) is 9.59 Å². The van der Waals surface area contributed by atoms with Crippen molar-refractivity contribution in [3.8, 4) is 11.5 Å². The topological polar surface area (TPSA) is 76.1 Å². The Balaban J connectivity index is 1.84. The van der Waals surface area contributed by atoms with Gasteiger partial charge in [0, 0.05) is 11.3 Å². The zero-order valence-corrected chi connectivity index (χ0v) is 20.1. The van der Waals surface area contributed by atoms with Gasteiger partial charge in [-0.15, -0.1) is 0 Å². The van der Waals surface area contributed by atoms with Crippen LogP contribution in [0.25, 0.3) is 5.76 Å². The van der Waals surface area contributed by atoms with Crippen LogP contribution in [-0.4, -0.2) is 29.5 Å². The Morgan fingerprint density at radius 1 is 0.943 bits per heavy atom. The summed E-state index contributed by atoms with van der Waals surface area (Å²) in [5, 5.41) is 11.3. The quantitative estimate of drug-likeness (QED) is 0.252. The molecule has 0 aromatic heterocycles. The molecule has 1 heterocycles. The molecule has 1 aliphatic rings. The lowest BCUT2D eigenvalue weighted by atomic mass is 9.95. The van der Waals surface area contributed by atoms with E-state index in [9.17, 15) is 14.7 Å². The number of ketones is 1. The fourth-order valence-electron chi connectivity index (χ4n) is 4.11. The first-order valence-electron chi connectivity index (χ1n) is 11.8. The summed E-state index contributed by atoms with van der Waals surface area (Å²) < 4.78 is 11.4. The summed E-state index contributed by atoms with van der Waals surface area (Å²) in [7, 11) is 0. The van der Waals surface area contributed by atoms with Crippen LogP contribution < -0.4 is 14.4 Å². The van der Waals surface area contributed by atoms with Gasteiger partial charge in [0.1, 0.15) is 17.3 Å². The van der Waals surface area contributed by atoms with Crippen molar-refractivity contribution in [2.45, 2.75) is 39.3 Å². The van der Waals surface area contributed by atoms with Gasteiger partial charge in [0.25, 0.3) is 11.7 Å². The molecule has 4 rings (SSSR count). The highest BCUT2D eigenvalue weighted by Gasteiger charge is 2.46. The monoisotopic (exact) mass is 471 g/mol. The Morgan fingerprint density at radius 2 is 1.66 bits per heavy atom. The number of para-hydroxylation sites is 1. The third-order valence-electron chi connectivity index (χ3n) is 5.63. The van der Waals surface area contributed by atoms with Gasteiger partial charge in [0.15, 0.2) is 0 Å². The fraction of sp³-hybridized carbons (Fsp3) is 0.241. The minimum atomic E-state index is -0.800. The van der Waals surface area contributed by atoms with Gasteiger partial charge in [0.05, 0.1) is 24.3 Å². The molecule has 1 unspecified atom stereocenters. The van der Waals surface area contributed by atoms with Crippen molar-refractivity contribution in [2.75, 3.05) is 11.5 Å². The molecule has 1 amide bonds. The summed E-state index contributed by atoms with van der Waals surface area (Å²) in [5.41, 5.74) is 1.70. The first-order valence-corrected chi connectivity index (χ1v) is 11.8. The molecule has 1 saturated heterocycles. The summed E-state index contributed by atoms with van der Waals surface area (Å²) in [6, 6.07) is 22.4. The number of hydrogen-bond acceptors (Lipinski definition) is 5. The van der Waals surface area contributed by atoms with Crippen LogP contribution in [0.2, 0.25) is 0 Å². The zero-order chi connectivity index (χ0) is 24.9. The number of rotatable bonds is 8. The number of carbonyl (C=O) groups excluding carboxylic acids is 2. The maximum Gasteiger partial charge on any atom is 0.300 e. The Hall–Kier alpha value is -4.06. The molecule has 1 N–H and O–H groups in total. The third kappa shape index (κ3) is 5.06. The summed E-state index contributed by atoms with van der Waals surface area (Å²) in [5.74, 6) is -0.403. The van der Waals surface area contributed by atoms with Gasteiger partial charge >= 0.3 is 0 Å². The Morgan fingerprint density at radius 3 is 2.31 bits per heavy atom. The standard InChI is InChI=1S/C29H29NO5/c1-4-17-34-24-12-8-9-21(18-24)27(31)25-26(20-13-15-23(16-14-20)35-19(2)3)30(29(33)28(25)32)22-10-6-5-7-11-22/h5-16,18-19,26,31H,4,17H2,1-3H3/b27-25-. The highest BCUT2D eigenvalue weighted by molar-refractivity contribution is 6.51. The molecule has 0 aliphatic carbocycles. The van der Waals surface area contributed by atoms with Crippen molar-refractivity contribution in [2.24, 2.45) is 0 Å². The normalized spacial score (nSPS) is 17.1. The number of anilines is 1. The second-order valence-electron chi connectivity index (χ2n) is 8.62. The number of benzene rings is 3. The highest BCUT2D eigenvalue weighted by Crippen LogP contribution is 2.42. The molecular formula is C29H29NO5. The molecule has 3 aromatic rings. The molecule has 0 spiro atoms. The van der Waals surface area contributed by atoms with E-state index >= 15 is 0 Å². The summed E-state index contributed by atoms with van der Waals surface area (Å²) in [6.07, 6.45) is 0.854. The number of amides is 1. The maximum absolute atomic E-state index is 13.3. The van der Waals surface area contributed by atoms with E-state index in [1.807, 2.05) is 39.0 Å². The lowest BCUT2D eigenvalue weighted by Gasteiger charge is -2.25. The minimum absolute atomic E-state index is 0.0120. The lowest BCUT2D eigenvalue weighted by Crippen LogP contribution is -2.29. The van der Waals surface area contributed by atoms with Crippen LogP contribution in [0.1, 0.15) is 44.4 Å². The van der Waals surface area contributed by atoms with Gasteiger partial charge in [-0.2, -0.15) is 0 Å². The van der Waals surface area contributed by atoms with Crippen molar-refractivity contribution >= 4 is 23.1 Å². The van der Waals surface area contributed by atoms with E-state index in [0.717, 1.165) is 6.42 Å². The van der Waals surface area contributed by atoms with Crippen molar-refractivity contribution in [3.63, 3.8) is 0 Å². The second-order valence-corrected chi connectivity index (χ2v) is 8.62. The molecule has 1 atom stereocenters. The fourth-order valence-corrected chi connectivity index (χ4v) is 4.11. The van der Waals surface area contributed by atoms with Crippen molar-refractivity contribution in [1.82, 2.24) is 0 Å². The van der Waals surface area contributed by atoms with Crippen LogP contribution in [0.5, 0.6) is 11.5 Å². The predicted octanol–water partition coefficient (Wildman–Crippen LogP) is 5.89. The minimum Gasteiger partial charge on any atom is -0.507 e. The first-order chi connectivity index (χ1) is 16.9. The molecule has 6 nitrogen and oxygen atoms in total. The number of nitrogens with zero attached hydrogens (tertiary/aromatic N) is 1. The molecule has 3 aromatic carbocycles. The number of hydrogen-bond donors (Lipinski definition) is 1. The molecule has 0 bridgehead atoms. The van der Waals surface area contributed by atoms with Gasteiger partial charge in [-0.25, -0.2) is 0 Å². The Kier molecular flexibility index (Phi) is 7.20. The van der Waals surface area contributed by atoms with E-state index in [1.54, 1.807) is 60.7 Å².